The Bertz CT molecular complexity index is 543. The first-order valence-electron chi connectivity index (χ1n) is 15.8. The highest BCUT2D eigenvalue weighted by Crippen LogP contribution is 2.18. The summed E-state index contributed by atoms with van der Waals surface area (Å²) < 4.78 is 6.02. The number of aliphatic carboxylic acids is 1. The number of unbranched alkanes of at least 4 members (excludes halogenated alkanes) is 18. The average Bonchev–Trinajstić information content (AvgIpc) is 2.78. The largest absolute Gasteiger partial charge is 0.550 e. The van der Waals surface area contributed by atoms with Gasteiger partial charge in [-0.1, -0.05) is 142 Å². The van der Waals surface area contributed by atoms with Crippen LogP contribution >= 0.6 is 0 Å². The van der Waals surface area contributed by atoms with Crippen molar-refractivity contribution in [2.45, 2.75) is 161 Å². The molecule has 0 amide bonds. The lowest BCUT2D eigenvalue weighted by Crippen LogP contribution is -2.45. The maximum atomic E-state index is 12.3. The number of hydrogen-bond acceptors (Lipinski definition) is 4. The number of rotatable bonds is 27. The Kier molecular flexibility index (Phi) is 23.3. The number of carbonyl (C=O) groups is 2. The molecular formula is C32H63NO4. The molecule has 0 aliphatic rings. The zero-order valence-electron chi connectivity index (χ0n) is 25.5. The Morgan fingerprint density at radius 2 is 1.03 bits per heavy atom. The minimum absolute atomic E-state index is 0.241. The number of esters is 1. The molecule has 0 fully saturated rings. The first-order valence-corrected chi connectivity index (χ1v) is 15.8. The molecule has 0 heterocycles. The summed E-state index contributed by atoms with van der Waals surface area (Å²) >= 11 is 0. The predicted molar refractivity (Wildman–Crippen MR) is 154 cm³/mol. The molecule has 0 saturated carbocycles. The van der Waals surface area contributed by atoms with Gasteiger partial charge in [-0.05, 0) is 5.92 Å². The molecule has 0 aromatic rings. The highest BCUT2D eigenvalue weighted by atomic mass is 16.5. The molecule has 5 heteroatoms. The summed E-state index contributed by atoms with van der Waals surface area (Å²) in [4.78, 5) is 23.3. The van der Waals surface area contributed by atoms with Crippen molar-refractivity contribution in [3.63, 3.8) is 0 Å². The van der Waals surface area contributed by atoms with Crippen molar-refractivity contribution < 1.29 is 23.9 Å². The van der Waals surface area contributed by atoms with Crippen LogP contribution in [-0.2, 0) is 14.3 Å². The standard InChI is InChI=1S/C32H63NO4/c1-6-7-8-9-10-11-12-13-14-15-16-17-18-19-20-21-22-23-24-25-29(2)26-32(36)37-30(27-31(34)35)28-33(3,4)5/h29-30H,6-28H2,1-5H3. The van der Waals surface area contributed by atoms with E-state index in [1.54, 1.807) is 0 Å². The molecule has 5 nitrogen and oxygen atoms in total. The smallest absolute Gasteiger partial charge is 0.306 e. The minimum Gasteiger partial charge on any atom is -0.550 e. The Morgan fingerprint density at radius 3 is 1.38 bits per heavy atom. The third-order valence-electron chi connectivity index (χ3n) is 7.26. The number of hydrogen-bond donors (Lipinski definition) is 0. The summed E-state index contributed by atoms with van der Waals surface area (Å²) in [6.45, 7) is 4.84. The summed E-state index contributed by atoms with van der Waals surface area (Å²) in [5, 5.41) is 11.0. The van der Waals surface area contributed by atoms with Crippen molar-refractivity contribution in [3.8, 4) is 0 Å². The normalized spacial score (nSPS) is 13.4. The monoisotopic (exact) mass is 525 g/mol. The summed E-state index contributed by atoms with van der Waals surface area (Å²) in [6, 6.07) is 0. The van der Waals surface area contributed by atoms with Gasteiger partial charge in [-0.25, -0.2) is 0 Å². The minimum atomic E-state index is -1.17. The molecule has 0 aromatic carbocycles. The van der Waals surface area contributed by atoms with Crippen LogP contribution in [0.4, 0.5) is 0 Å². The number of ether oxygens (including phenoxy) is 1. The second-order valence-electron chi connectivity index (χ2n) is 12.6. The molecular weight excluding hydrogens is 462 g/mol. The van der Waals surface area contributed by atoms with E-state index in [2.05, 4.69) is 13.8 Å². The molecule has 0 bridgehead atoms. The number of carboxylic acids is 1. The van der Waals surface area contributed by atoms with Crippen LogP contribution in [0, 0.1) is 5.92 Å². The molecule has 0 spiro atoms. The summed E-state index contributed by atoms with van der Waals surface area (Å²) in [5.41, 5.74) is 0. The van der Waals surface area contributed by atoms with Gasteiger partial charge in [-0.2, -0.15) is 0 Å². The molecule has 0 aromatic heterocycles. The summed E-state index contributed by atoms with van der Waals surface area (Å²) in [7, 11) is 5.87. The molecule has 0 N–H and O–H groups in total. The van der Waals surface area contributed by atoms with Crippen LogP contribution in [-0.4, -0.2) is 50.2 Å². The fourth-order valence-corrected chi connectivity index (χ4v) is 5.13. The first-order chi connectivity index (χ1) is 17.6. The molecule has 2 atom stereocenters. The van der Waals surface area contributed by atoms with E-state index in [9.17, 15) is 14.7 Å². The fourth-order valence-electron chi connectivity index (χ4n) is 5.13. The van der Waals surface area contributed by atoms with Crippen LogP contribution in [0.2, 0.25) is 0 Å². The van der Waals surface area contributed by atoms with Crippen molar-refractivity contribution in [3.05, 3.63) is 0 Å². The zero-order valence-corrected chi connectivity index (χ0v) is 25.5. The van der Waals surface area contributed by atoms with Gasteiger partial charge >= 0.3 is 5.97 Å². The molecule has 0 aliphatic carbocycles. The Hall–Kier alpha value is -1.10. The number of carboxylic acid groups (broad SMARTS) is 1. The van der Waals surface area contributed by atoms with Crippen molar-refractivity contribution in [2.75, 3.05) is 27.7 Å². The van der Waals surface area contributed by atoms with Crippen molar-refractivity contribution >= 4 is 11.9 Å². The molecule has 37 heavy (non-hydrogen) atoms. The van der Waals surface area contributed by atoms with Crippen LogP contribution in [0.15, 0.2) is 0 Å². The number of quaternary nitrogens is 1. The summed E-state index contributed by atoms with van der Waals surface area (Å²) in [6.07, 6.45) is 26.7. The third kappa shape index (κ3) is 27.7. The van der Waals surface area contributed by atoms with E-state index in [1.165, 1.54) is 116 Å². The van der Waals surface area contributed by atoms with Crippen molar-refractivity contribution in [1.82, 2.24) is 0 Å². The van der Waals surface area contributed by atoms with E-state index < -0.39 is 12.1 Å². The van der Waals surface area contributed by atoms with Crippen LogP contribution in [0.1, 0.15) is 155 Å². The van der Waals surface area contributed by atoms with Crippen LogP contribution < -0.4 is 5.11 Å². The molecule has 0 aliphatic heterocycles. The van der Waals surface area contributed by atoms with Crippen LogP contribution in [0.25, 0.3) is 0 Å². The van der Waals surface area contributed by atoms with Gasteiger partial charge in [0.05, 0.1) is 21.1 Å². The Balaban J connectivity index is 3.54. The van der Waals surface area contributed by atoms with E-state index >= 15 is 0 Å². The maximum absolute atomic E-state index is 12.3. The number of nitrogens with zero attached hydrogens (tertiary/aromatic N) is 1. The van der Waals surface area contributed by atoms with Gasteiger partial charge in [0, 0.05) is 18.8 Å². The molecule has 0 radical (unpaired) electrons. The molecule has 0 rings (SSSR count). The molecule has 2 unspecified atom stereocenters. The van der Waals surface area contributed by atoms with Crippen molar-refractivity contribution in [2.24, 2.45) is 5.92 Å². The van der Waals surface area contributed by atoms with Gasteiger partial charge in [0.25, 0.3) is 0 Å². The van der Waals surface area contributed by atoms with E-state index in [0.29, 0.717) is 17.4 Å². The lowest BCUT2D eigenvalue weighted by Gasteiger charge is -2.29. The topological polar surface area (TPSA) is 66.4 Å². The van der Waals surface area contributed by atoms with Crippen LogP contribution in [0.3, 0.4) is 0 Å². The van der Waals surface area contributed by atoms with E-state index in [4.69, 9.17) is 4.74 Å². The molecule has 220 valence electrons. The van der Waals surface area contributed by atoms with Gasteiger partial charge < -0.3 is 19.1 Å². The van der Waals surface area contributed by atoms with Crippen molar-refractivity contribution in [1.29, 1.82) is 0 Å². The van der Waals surface area contributed by atoms with Gasteiger partial charge in [-0.15, -0.1) is 0 Å². The lowest BCUT2D eigenvalue weighted by atomic mass is 9.98. The highest BCUT2D eigenvalue weighted by Gasteiger charge is 2.23. The van der Waals surface area contributed by atoms with Gasteiger partial charge in [-0.3, -0.25) is 4.79 Å². The van der Waals surface area contributed by atoms with E-state index in [1.807, 2.05) is 21.1 Å². The molecule has 0 saturated heterocycles. The summed E-state index contributed by atoms with van der Waals surface area (Å²) in [5.74, 6) is -1.19. The highest BCUT2D eigenvalue weighted by molar-refractivity contribution is 5.71. The van der Waals surface area contributed by atoms with Gasteiger partial charge in [0.15, 0.2) is 6.10 Å². The number of carbonyl (C=O) groups excluding carboxylic acids is 2. The third-order valence-corrected chi connectivity index (χ3v) is 7.26. The van der Waals surface area contributed by atoms with Gasteiger partial charge in [0.2, 0.25) is 0 Å². The first kappa shape index (κ1) is 35.9. The second-order valence-corrected chi connectivity index (χ2v) is 12.6. The fraction of sp³-hybridized carbons (Fsp3) is 0.938. The zero-order chi connectivity index (χ0) is 27.8. The Labute approximate surface area is 230 Å². The van der Waals surface area contributed by atoms with E-state index in [-0.39, 0.29) is 18.3 Å². The number of likely N-dealkylation sites (N-methyl/N-ethyl adjacent to an activating group) is 1. The average molecular weight is 526 g/mol. The van der Waals surface area contributed by atoms with Crippen LogP contribution in [0.5, 0.6) is 0 Å². The Morgan fingerprint density at radius 1 is 0.649 bits per heavy atom. The SMILES string of the molecule is CCCCCCCCCCCCCCCCCCCCCC(C)CC(=O)OC(CC(=O)[O-])C[N+](C)(C)C. The predicted octanol–water partition coefficient (Wildman–Crippen LogP) is 7.59. The van der Waals surface area contributed by atoms with E-state index in [0.717, 1.165) is 12.8 Å². The second kappa shape index (κ2) is 24.0. The van der Waals surface area contributed by atoms with Gasteiger partial charge in [0.1, 0.15) is 6.54 Å². The quantitative estimate of drug-likeness (QED) is 0.0629. The lowest BCUT2D eigenvalue weighted by molar-refractivity contribution is -0.873. The maximum Gasteiger partial charge on any atom is 0.306 e.